The maximum atomic E-state index is 5.89. The van der Waals surface area contributed by atoms with Crippen LogP contribution in [0.5, 0.6) is 11.5 Å². The molecule has 1 saturated carbocycles. The number of halogens is 1. The summed E-state index contributed by atoms with van der Waals surface area (Å²) in [7, 11) is 3.35. The number of nitrogens with two attached hydrogens (primary N) is 1. The van der Waals surface area contributed by atoms with E-state index in [1.807, 2.05) is 6.92 Å². The standard InChI is InChI=1S/C13H18BrNO2/c1-8-10(14)6-9(13(7-15)4-5-13)12(17-3)11(8)16-2/h6H,4-5,7,15H2,1-3H3. The molecule has 0 unspecified atom stereocenters. The monoisotopic (exact) mass is 299 g/mol. The molecule has 0 bridgehead atoms. The largest absolute Gasteiger partial charge is 0.493 e. The lowest BCUT2D eigenvalue weighted by molar-refractivity contribution is 0.346. The van der Waals surface area contributed by atoms with Crippen molar-refractivity contribution in [1.29, 1.82) is 0 Å². The summed E-state index contributed by atoms with van der Waals surface area (Å²) in [5.41, 5.74) is 8.20. The van der Waals surface area contributed by atoms with Gasteiger partial charge < -0.3 is 15.2 Å². The fourth-order valence-corrected chi connectivity index (χ4v) is 2.69. The summed E-state index contributed by atoms with van der Waals surface area (Å²) < 4.78 is 12.0. The lowest BCUT2D eigenvalue weighted by atomic mass is 9.93. The zero-order chi connectivity index (χ0) is 12.6. The Morgan fingerprint density at radius 2 is 1.88 bits per heavy atom. The Hall–Kier alpha value is -0.740. The molecule has 0 aromatic heterocycles. The number of rotatable bonds is 4. The van der Waals surface area contributed by atoms with E-state index >= 15 is 0 Å². The van der Waals surface area contributed by atoms with Crippen LogP contribution in [0.15, 0.2) is 10.5 Å². The van der Waals surface area contributed by atoms with E-state index < -0.39 is 0 Å². The third kappa shape index (κ3) is 1.93. The quantitative estimate of drug-likeness (QED) is 0.930. The van der Waals surface area contributed by atoms with Crippen LogP contribution in [-0.4, -0.2) is 20.8 Å². The van der Waals surface area contributed by atoms with Gasteiger partial charge in [0.15, 0.2) is 11.5 Å². The third-order valence-corrected chi connectivity index (χ3v) is 4.47. The summed E-state index contributed by atoms with van der Waals surface area (Å²) >= 11 is 3.57. The normalized spacial score (nSPS) is 16.8. The van der Waals surface area contributed by atoms with Crippen LogP contribution in [0.1, 0.15) is 24.0 Å². The highest BCUT2D eigenvalue weighted by molar-refractivity contribution is 9.10. The Morgan fingerprint density at radius 3 is 2.29 bits per heavy atom. The van der Waals surface area contributed by atoms with Gasteiger partial charge in [-0.1, -0.05) is 15.9 Å². The summed E-state index contributed by atoms with van der Waals surface area (Å²) in [5.74, 6) is 1.63. The van der Waals surface area contributed by atoms with Gasteiger partial charge in [-0.25, -0.2) is 0 Å². The number of hydrogen-bond acceptors (Lipinski definition) is 3. The van der Waals surface area contributed by atoms with E-state index in [4.69, 9.17) is 15.2 Å². The molecule has 1 aromatic rings. The number of methoxy groups -OCH3 is 2. The molecule has 2 N–H and O–H groups in total. The van der Waals surface area contributed by atoms with Crippen LogP contribution in [0.25, 0.3) is 0 Å². The summed E-state index contributed by atoms with van der Waals surface area (Å²) in [6.45, 7) is 2.67. The highest BCUT2D eigenvalue weighted by Gasteiger charge is 2.46. The van der Waals surface area contributed by atoms with Crippen molar-refractivity contribution in [1.82, 2.24) is 0 Å². The topological polar surface area (TPSA) is 44.5 Å². The van der Waals surface area contributed by atoms with Crippen molar-refractivity contribution in [3.8, 4) is 11.5 Å². The van der Waals surface area contributed by atoms with E-state index in [1.165, 1.54) is 0 Å². The van der Waals surface area contributed by atoms with Gasteiger partial charge in [-0.2, -0.15) is 0 Å². The lowest BCUT2D eigenvalue weighted by Gasteiger charge is -2.21. The van der Waals surface area contributed by atoms with Crippen molar-refractivity contribution in [2.24, 2.45) is 5.73 Å². The SMILES string of the molecule is COc1c(C2(CN)CC2)cc(Br)c(C)c1OC. The van der Waals surface area contributed by atoms with Crippen LogP contribution < -0.4 is 15.2 Å². The van der Waals surface area contributed by atoms with Crippen molar-refractivity contribution in [2.45, 2.75) is 25.2 Å². The minimum atomic E-state index is 0.0921. The molecule has 0 radical (unpaired) electrons. The van der Waals surface area contributed by atoms with Gasteiger partial charge in [-0.05, 0) is 25.8 Å². The van der Waals surface area contributed by atoms with E-state index in [1.54, 1.807) is 14.2 Å². The van der Waals surface area contributed by atoms with Gasteiger partial charge in [0, 0.05) is 27.6 Å². The van der Waals surface area contributed by atoms with Gasteiger partial charge in [0.2, 0.25) is 0 Å². The Balaban J connectivity index is 2.63. The Morgan fingerprint density at radius 1 is 1.29 bits per heavy atom. The number of benzene rings is 1. The highest BCUT2D eigenvalue weighted by Crippen LogP contribution is 2.54. The maximum Gasteiger partial charge on any atom is 0.165 e. The van der Waals surface area contributed by atoms with Crippen molar-refractivity contribution in [2.75, 3.05) is 20.8 Å². The fraction of sp³-hybridized carbons (Fsp3) is 0.538. The van der Waals surface area contributed by atoms with Crippen LogP contribution in [0, 0.1) is 6.92 Å². The summed E-state index contributed by atoms with van der Waals surface area (Å²) in [6.07, 6.45) is 2.25. The molecule has 4 heteroatoms. The highest BCUT2D eigenvalue weighted by atomic mass is 79.9. The van der Waals surface area contributed by atoms with Gasteiger partial charge in [-0.15, -0.1) is 0 Å². The molecule has 0 aliphatic heterocycles. The molecule has 2 rings (SSSR count). The van der Waals surface area contributed by atoms with Crippen LogP contribution in [0.4, 0.5) is 0 Å². The minimum Gasteiger partial charge on any atom is -0.493 e. The third-order valence-electron chi connectivity index (χ3n) is 3.64. The molecule has 1 aliphatic carbocycles. The van der Waals surface area contributed by atoms with Crippen LogP contribution in [0.3, 0.4) is 0 Å². The molecular formula is C13H18BrNO2. The molecule has 94 valence electrons. The Labute approximate surface area is 110 Å². The predicted octanol–water partition coefficient (Wildman–Crippen LogP) is 2.77. The van der Waals surface area contributed by atoms with Crippen molar-refractivity contribution < 1.29 is 9.47 Å². The van der Waals surface area contributed by atoms with E-state index in [-0.39, 0.29) is 5.41 Å². The van der Waals surface area contributed by atoms with E-state index in [0.29, 0.717) is 6.54 Å². The second-order valence-corrected chi connectivity index (χ2v) is 5.44. The lowest BCUT2D eigenvalue weighted by Crippen LogP contribution is -2.21. The fourth-order valence-electron chi connectivity index (χ4n) is 2.28. The molecular weight excluding hydrogens is 282 g/mol. The first kappa shape index (κ1) is 12.7. The van der Waals surface area contributed by atoms with Gasteiger partial charge in [0.25, 0.3) is 0 Å². The molecule has 0 atom stereocenters. The first-order valence-corrected chi connectivity index (χ1v) is 6.50. The molecule has 17 heavy (non-hydrogen) atoms. The maximum absolute atomic E-state index is 5.89. The van der Waals surface area contributed by atoms with Crippen LogP contribution in [0.2, 0.25) is 0 Å². The molecule has 0 spiro atoms. The van der Waals surface area contributed by atoms with Gasteiger partial charge in [0.05, 0.1) is 14.2 Å². The zero-order valence-electron chi connectivity index (χ0n) is 10.5. The molecule has 1 aromatic carbocycles. The van der Waals surface area contributed by atoms with Crippen LogP contribution >= 0.6 is 15.9 Å². The molecule has 0 heterocycles. The van der Waals surface area contributed by atoms with E-state index in [9.17, 15) is 0 Å². The second-order valence-electron chi connectivity index (χ2n) is 4.58. The first-order chi connectivity index (χ1) is 8.09. The molecule has 0 amide bonds. The molecule has 0 saturated heterocycles. The van der Waals surface area contributed by atoms with Gasteiger partial charge in [0.1, 0.15) is 0 Å². The van der Waals surface area contributed by atoms with Gasteiger partial charge in [-0.3, -0.25) is 0 Å². The number of ether oxygens (including phenoxy) is 2. The average Bonchev–Trinajstić information content (AvgIpc) is 3.12. The average molecular weight is 300 g/mol. The van der Waals surface area contributed by atoms with Gasteiger partial charge >= 0.3 is 0 Å². The first-order valence-electron chi connectivity index (χ1n) is 5.71. The summed E-state index contributed by atoms with van der Waals surface area (Å²) in [5, 5.41) is 0. The van der Waals surface area contributed by atoms with Crippen molar-refractivity contribution >= 4 is 15.9 Å². The second kappa shape index (κ2) is 4.50. The smallest absolute Gasteiger partial charge is 0.165 e. The van der Waals surface area contributed by atoms with Crippen molar-refractivity contribution in [3.63, 3.8) is 0 Å². The molecule has 1 fully saturated rings. The molecule has 1 aliphatic rings. The Kier molecular flexibility index (Phi) is 3.36. The summed E-state index contributed by atoms with van der Waals surface area (Å²) in [6, 6.07) is 2.12. The Bertz CT molecular complexity index is 442. The van der Waals surface area contributed by atoms with Crippen LogP contribution in [-0.2, 0) is 5.41 Å². The van der Waals surface area contributed by atoms with Crippen molar-refractivity contribution in [3.05, 3.63) is 21.7 Å². The minimum absolute atomic E-state index is 0.0921. The van der Waals surface area contributed by atoms with E-state index in [0.717, 1.165) is 39.9 Å². The predicted molar refractivity (Wildman–Crippen MR) is 71.9 cm³/mol. The number of hydrogen-bond donors (Lipinski definition) is 1. The zero-order valence-corrected chi connectivity index (χ0v) is 12.1. The van der Waals surface area contributed by atoms with E-state index in [2.05, 4.69) is 22.0 Å². The molecule has 3 nitrogen and oxygen atoms in total. The summed E-state index contributed by atoms with van der Waals surface area (Å²) in [4.78, 5) is 0.